The number of carbonyl (C=O) groups is 3. The number of amides is 3. The Balaban J connectivity index is 1.34. The van der Waals surface area contributed by atoms with Crippen molar-refractivity contribution in [1.29, 1.82) is 0 Å². The Labute approximate surface area is 302 Å². The van der Waals surface area contributed by atoms with Crippen molar-refractivity contribution in [3.05, 3.63) is 135 Å². The molecule has 4 atom stereocenters. The van der Waals surface area contributed by atoms with Crippen LogP contribution in [0.25, 0.3) is 0 Å². The van der Waals surface area contributed by atoms with E-state index in [0.29, 0.717) is 22.5 Å². The molecule has 0 aliphatic carbocycles. The highest BCUT2D eigenvalue weighted by atomic mass is 28.4. The monoisotopic (exact) mass is 724 g/mol. The Morgan fingerprint density at radius 3 is 2.33 bits per heavy atom. The van der Waals surface area contributed by atoms with Crippen LogP contribution >= 0.6 is 0 Å². The summed E-state index contributed by atoms with van der Waals surface area (Å²) < 4.78 is 23.1. The third-order valence-corrected chi connectivity index (χ3v) is 12.5. The second kappa shape index (κ2) is 14.8. The lowest BCUT2D eigenvalue weighted by atomic mass is 9.82. The van der Waals surface area contributed by atoms with E-state index in [1.165, 1.54) is 41.1 Å². The SMILES string of the molecule is C[C@H]1[C@H]([Si](C)(C)F)[C@@H](CC(=O)N(CCO)Cc2ccccc2)O[C@]12C(=O)N(Cc1cccc(NC(=O)c3ccccc3)c1)c1ccc([N+](=O)[O-])cc12. The van der Waals surface area contributed by atoms with Crippen molar-refractivity contribution in [2.45, 2.75) is 56.8 Å². The Morgan fingerprint density at radius 1 is 1.00 bits per heavy atom. The predicted molar refractivity (Wildman–Crippen MR) is 197 cm³/mol. The summed E-state index contributed by atoms with van der Waals surface area (Å²) >= 11 is 0. The van der Waals surface area contributed by atoms with Crippen LogP contribution in [-0.2, 0) is 33.0 Å². The lowest BCUT2D eigenvalue weighted by Gasteiger charge is -2.31. The summed E-state index contributed by atoms with van der Waals surface area (Å²) in [5.41, 5.74) is 0.269. The fourth-order valence-electron chi connectivity index (χ4n) is 7.75. The largest absolute Gasteiger partial charge is 0.395 e. The fourth-order valence-corrected chi connectivity index (χ4v) is 10.2. The number of nitro benzene ring substituents is 1. The molecule has 2 aliphatic rings. The smallest absolute Gasteiger partial charge is 0.269 e. The van der Waals surface area contributed by atoms with Crippen molar-refractivity contribution in [2.75, 3.05) is 23.4 Å². The summed E-state index contributed by atoms with van der Waals surface area (Å²) in [6.07, 6.45) is -1.26. The van der Waals surface area contributed by atoms with Crippen molar-refractivity contribution in [3.63, 3.8) is 0 Å². The van der Waals surface area contributed by atoms with Crippen LogP contribution in [0.4, 0.5) is 21.2 Å². The van der Waals surface area contributed by atoms with E-state index in [9.17, 15) is 29.6 Å². The number of halogens is 1. The summed E-state index contributed by atoms with van der Waals surface area (Å²) in [7, 11) is -3.66. The molecule has 0 bridgehead atoms. The summed E-state index contributed by atoms with van der Waals surface area (Å²) in [5, 5.41) is 24.7. The first-order chi connectivity index (χ1) is 24.8. The third kappa shape index (κ3) is 7.11. The van der Waals surface area contributed by atoms with Crippen LogP contribution < -0.4 is 10.2 Å². The predicted octanol–water partition coefficient (Wildman–Crippen LogP) is 6.58. The van der Waals surface area contributed by atoms with Crippen molar-refractivity contribution < 1.29 is 33.3 Å². The molecular formula is C39H41FN4O7Si. The van der Waals surface area contributed by atoms with Crippen molar-refractivity contribution >= 4 is 43.2 Å². The molecule has 0 radical (unpaired) electrons. The number of benzene rings is 4. The van der Waals surface area contributed by atoms with Gasteiger partial charge in [-0.2, -0.15) is 0 Å². The van der Waals surface area contributed by atoms with E-state index in [2.05, 4.69) is 5.32 Å². The molecule has 1 spiro atoms. The molecule has 4 aromatic carbocycles. The number of aliphatic hydroxyl groups excluding tert-OH is 1. The van der Waals surface area contributed by atoms with Crippen LogP contribution in [0, 0.1) is 16.0 Å². The summed E-state index contributed by atoms with van der Waals surface area (Å²) in [4.78, 5) is 56.0. The quantitative estimate of drug-likeness (QED) is 0.0728. The number of hydrogen-bond donors (Lipinski definition) is 2. The van der Waals surface area contributed by atoms with E-state index in [0.717, 1.165) is 5.56 Å². The minimum absolute atomic E-state index is 0.0303. The highest BCUT2D eigenvalue weighted by molar-refractivity contribution is 6.72. The summed E-state index contributed by atoms with van der Waals surface area (Å²) in [6.45, 7) is 4.79. The third-order valence-electron chi connectivity index (χ3n) is 10.0. The topological polar surface area (TPSA) is 142 Å². The maximum Gasteiger partial charge on any atom is 0.269 e. The number of nitrogens with zero attached hydrogens (tertiary/aromatic N) is 3. The number of nitro groups is 1. The van der Waals surface area contributed by atoms with Gasteiger partial charge in [0, 0.05) is 53.5 Å². The van der Waals surface area contributed by atoms with E-state index in [1.54, 1.807) is 55.5 Å². The Morgan fingerprint density at radius 2 is 1.67 bits per heavy atom. The fraction of sp³-hybridized carbons (Fsp3) is 0.308. The van der Waals surface area contributed by atoms with E-state index in [4.69, 9.17) is 4.74 Å². The van der Waals surface area contributed by atoms with E-state index < -0.39 is 42.4 Å². The van der Waals surface area contributed by atoms with Crippen molar-refractivity contribution in [1.82, 2.24) is 4.90 Å². The number of fused-ring (bicyclic) bond motifs is 2. The van der Waals surface area contributed by atoms with Gasteiger partial charge in [-0.1, -0.05) is 67.6 Å². The number of aliphatic hydroxyl groups is 1. The zero-order valence-corrected chi connectivity index (χ0v) is 30.2. The molecule has 0 saturated carbocycles. The number of carbonyl (C=O) groups excluding carboxylic acids is 3. The molecule has 2 heterocycles. The van der Waals surface area contributed by atoms with E-state index in [-0.39, 0.29) is 55.7 Å². The van der Waals surface area contributed by atoms with Gasteiger partial charge in [-0.25, -0.2) is 0 Å². The molecule has 1 fully saturated rings. The molecule has 0 aromatic heterocycles. The van der Waals surface area contributed by atoms with Gasteiger partial charge in [0.2, 0.25) is 14.3 Å². The van der Waals surface area contributed by atoms with Crippen LogP contribution in [0.5, 0.6) is 0 Å². The van der Waals surface area contributed by atoms with Gasteiger partial charge in [0.1, 0.15) is 0 Å². The van der Waals surface area contributed by atoms with Gasteiger partial charge in [0.25, 0.3) is 17.5 Å². The number of non-ortho nitro benzene ring substituents is 1. The first kappa shape index (κ1) is 36.5. The molecule has 2 aliphatic heterocycles. The molecule has 11 nitrogen and oxygen atoms in total. The molecule has 13 heteroatoms. The van der Waals surface area contributed by atoms with Crippen LogP contribution in [-0.4, -0.2) is 60.3 Å². The lowest BCUT2D eigenvalue weighted by Crippen LogP contribution is -2.45. The number of rotatable bonds is 12. The van der Waals surface area contributed by atoms with Gasteiger partial charge in [-0.05, 0) is 54.6 Å². The summed E-state index contributed by atoms with van der Waals surface area (Å²) in [5.74, 6) is -1.96. The molecule has 2 N–H and O–H groups in total. The van der Waals surface area contributed by atoms with Crippen molar-refractivity contribution in [3.8, 4) is 0 Å². The van der Waals surface area contributed by atoms with Crippen LogP contribution in [0.1, 0.15) is 40.4 Å². The molecule has 0 unspecified atom stereocenters. The van der Waals surface area contributed by atoms with Gasteiger partial charge in [-0.3, -0.25) is 24.5 Å². The van der Waals surface area contributed by atoms with Gasteiger partial charge >= 0.3 is 0 Å². The van der Waals surface area contributed by atoms with Gasteiger partial charge in [-0.15, -0.1) is 0 Å². The normalized spacial score (nSPS) is 20.9. The number of ether oxygens (including phenoxy) is 1. The number of nitrogens with one attached hydrogen (secondary N) is 1. The van der Waals surface area contributed by atoms with Gasteiger partial charge in [0.15, 0.2) is 5.60 Å². The molecule has 52 heavy (non-hydrogen) atoms. The van der Waals surface area contributed by atoms with Crippen molar-refractivity contribution in [2.24, 2.45) is 5.92 Å². The number of hydrogen-bond acceptors (Lipinski definition) is 7. The molecule has 4 aromatic rings. The lowest BCUT2D eigenvalue weighted by molar-refractivity contribution is -0.385. The van der Waals surface area contributed by atoms with Gasteiger partial charge < -0.3 is 29.1 Å². The molecule has 6 rings (SSSR count). The number of anilines is 2. The van der Waals surface area contributed by atoms with Crippen LogP contribution in [0.15, 0.2) is 103 Å². The van der Waals surface area contributed by atoms with E-state index >= 15 is 4.11 Å². The Kier molecular flexibility index (Phi) is 10.4. The highest BCUT2D eigenvalue weighted by Gasteiger charge is 2.67. The minimum Gasteiger partial charge on any atom is -0.395 e. The second-order valence-corrected chi connectivity index (χ2v) is 17.7. The molecule has 3 amide bonds. The van der Waals surface area contributed by atoms with Crippen LogP contribution in [0.3, 0.4) is 0 Å². The molecule has 270 valence electrons. The Bertz CT molecular complexity index is 1980. The standard InChI is InChI=1S/C39H41FN4O7Si/c1-26-36(52(2,3)40)34(23-35(46)42(19-20-45)24-27-11-6-4-7-12-27)51-39(26)32-22-31(44(49)50)17-18-33(32)43(38(39)48)25-28-13-10-16-30(21-28)41-37(47)29-14-8-5-9-15-29/h4-18,21-22,26,34,36,45H,19-20,23-25H2,1-3H3,(H,41,47)/t26-,34+,36-,39+/m0/s1. The molecule has 1 saturated heterocycles. The first-order valence-corrected chi connectivity index (χ1v) is 20.1. The molecular weight excluding hydrogens is 684 g/mol. The Hall–Kier alpha value is -5.24. The average Bonchev–Trinajstić information content (AvgIpc) is 3.54. The van der Waals surface area contributed by atoms with Gasteiger partial charge in [0.05, 0.1) is 36.3 Å². The average molecular weight is 725 g/mol. The summed E-state index contributed by atoms with van der Waals surface area (Å²) in [6, 6.07) is 29.2. The second-order valence-electron chi connectivity index (χ2n) is 13.9. The zero-order valence-electron chi connectivity index (χ0n) is 29.2. The highest BCUT2D eigenvalue weighted by Crippen LogP contribution is 2.60. The maximum absolute atomic E-state index is 16.4. The maximum atomic E-state index is 16.4. The van der Waals surface area contributed by atoms with Crippen LogP contribution in [0.2, 0.25) is 18.6 Å². The van der Waals surface area contributed by atoms with E-state index in [1.807, 2.05) is 36.4 Å². The zero-order chi connectivity index (χ0) is 37.2. The first-order valence-electron chi connectivity index (χ1n) is 17.2. The minimum atomic E-state index is -3.66.